The van der Waals surface area contributed by atoms with E-state index in [0.717, 1.165) is 38.5 Å². The molecule has 0 aromatic heterocycles. The minimum absolute atomic E-state index is 0. The third kappa shape index (κ3) is 11.0. The van der Waals surface area contributed by atoms with Crippen molar-refractivity contribution in [1.29, 1.82) is 0 Å². The molecule has 25 heavy (non-hydrogen) atoms. The number of hydrogen-bond donors (Lipinski definition) is 6. The van der Waals surface area contributed by atoms with Crippen molar-refractivity contribution in [3.05, 3.63) is 0 Å². The van der Waals surface area contributed by atoms with E-state index >= 15 is 0 Å². The Kier molecular flexibility index (Phi) is 14.7. The molecule has 12 N–H and O–H groups in total. The van der Waals surface area contributed by atoms with Crippen molar-refractivity contribution in [3.8, 4) is 0 Å². The summed E-state index contributed by atoms with van der Waals surface area (Å²) in [6.07, 6.45) is 14.4. The van der Waals surface area contributed by atoms with Crippen molar-refractivity contribution >= 4 is 0 Å². The van der Waals surface area contributed by atoms with Crippen LogP contribution in [0, 0.1) is 0 Å². The molecular formula is C18H42N6Rh. The zero-order chi connectivity index (χ0) is 17.9. The van der Waals surface area contributed by atoms with Gasteiger partial charge < -0.3 is 34.4 Å². The van der Waals surface area contributed by atoms with Crippen LogP contribution in [0.2, 0.25) is 0 Å². The SMILES string of the molecule is N[C@@H]1CCCC[C@H]1N.N[C@@H]1CCCC[C@H]1N.N[C@@H]1CCCC[C@H]1N.[Rh]. The maximum absolute atomic E-state index is 5.65. The second kappa shape index (κ2) is 14.4. The van der Waals surface area contributed by atoms with Gasteiger partial charge in [0, 0.05) is 55.7 Å². The first-order valence-electron chi connectivity index (χ1n) is 9.95. The summed E-state index contributed by atoms with van der Waals surface area (Å²) in [5, 5.41) is 0. The van der Waals surface area contributed by atoms with E-state index in [1.54, 1.807) is 0 Å². The molecule has 3 saturated carbocycles. The molecule has 1 radical (unpaired) electrons. The summed E-state index contributed by atoms with van der Waals surface area (Å²) in [6.45, 7) is 0. The molecule has 3 fully saturated rings. The van der Waals surface area contributed by atoms with Gasteiger partial charge in [-0.1, -0.05) is 38.5 Å². The van der Waals surface area contributed by atoms with Gasteiger partial charge in [-0.25, -0.2) is 0 Å². The minimum Gasteiger partial charge on any atom is -0.326 e. The van der Waals surface area contributed by atoms with E-state index in [4.69, 9.17) is 34.4 Å². The van der Waals surface area contributed by atoms with Gasteiger partial charge in [-0.15, -0.1) is 0 Å². The fourth-order valence-corrected chi connectivity index (χ4v) is 3.56. The minimum atomic E-state index is 0. The van der Waals surface area contributed by atoms with Crippen LogP contribution in [-0.2, 0) is 19.5 Å². The van der Waals surface area contributed by atoms with Crippen molar-refractivity contribution in [2.75, 3.05) is 0 Å². The Morgan fingerprint density at radius 2 is 0.440 bits per heavy atom. The first-order chi connectivity index (χ1) is 11.4. The van der Waals surface area contributed by atoms with E-state index in [2.05, 4.69) is 0 Å². The van der Waals surface area contributed by atoms with Gasteiger partial charge in [0.2, 0.25) is 0 Å². The van der Waals surface area contributed by atoms with Crippen molar-refractivity contribution in [1.82, 2.24) is 0 Å². The molecule has 0 bridgehead atoms. The molecule has 0 unspecified atom stereocenters. The van der Waals surface area contributed by atoms with Gasteiger partial charge in [-0.2, -0.15) is 0 Å². The van der Waals surface area contributed by atoms with Gasteiger partial charge in [0.05, 0.1) is 0 Å². The van der Waals surface area contributed by atoms with E-state index in [0.29, 0.717) is 0 Å². The number of nitrogens with two attached hydrogens (primary N) is 6. The van der Waals surface area contributed by atoms with Crippen molar-refractivity contribution in [2.24, 2.45) is 34.4 Å². The molecule has 153 valence electrons. The van der Waals surface area contributed by atoms with Crippen LogP contribution >= 0.6 is 0 Å². The average molecular weight is 445 g/mol. The van der Waals surface area contributed by atoms with E-state index in [1.807, 2.05) is 0 Å². The Balaban J connectivity index is 0.000000339. The predicted molar refractivity (Wildman–Crippen MR) is 103 cm³/mol. The molecule has 3 aliphatic carbocycles. The maximum Gasteiger partial charge on any atom is 0.0192 e. The summed E-state index contributed by atoms with van der Waals surface area (Å²) < 4.78 is 0. The van der Waals surface area contributed by atoms with Crippen molar-refractivity contribution in [2.45, 2.75) is 113 Å². The van der Waals surface area contributed by atoms with E-state index in [9.17, 15) is 0 Å². The normalized spacial score (nSPS) is 38.2. The van der Waals surface area contributed by atoms with Gasteiger partial charge in [-0.3, -0.25) is 0 Å². The Hall–Kier alpha value is 0.383. The second-order valence-electron chi connectivity index (χ2n) is 7.84. The molecule has 6 atom stereocenters. The molecule has 0 aromatic carbocycles. The van der Waals surface area contributed by atoms with Crippen LogP contribution in [0.1, 0.15) is 77.0 Å². The Morgan fingerprint density at radius 1 is 0.320 bits per heavy atom. The zero-order valence-electron chi connectivity index (χ0n) is 15.7. The van der Waals surface area contributed by atoms with Crippen molar-refractivity contribution < 1.29 is 19.5 Å². The largest absolute Gasteiger partial charge is 0.326 e. The van der Waals surface area contributed by atoms with Gasteiger partial charge in [-0.05, 0) is 38.5 Å². The molecular weight excluding hydrogens is 403 g/mol. The van der Waals surface area contributed by atoms with Crippen LogP contribution in [0.25, 0.3) is 0 Å². The molecule has 0 saturated heterocycles. The smallest absolute Gasteiger partial charge is 0.0192 e. The molecule has 0 aliphatic heterocycles. The molecule has 3 aliphatic rings. The summed E-state index contributed by atoms with van der Waals surface area (Å²) in [5.41, 5.74) is 33.9. The zero-order valence-corrected chi connectivity index (χ0v) is 17.4. The van der Waals surface area contributed by atoms with Gasteiger partial charge in [0.15, 0.2) is 0 Å². The summed E-state index contributed by atoms with van der Waals surface area (Å²) in [6, 6.07) is 1.69. The molecule has 0 amide bonds. The van der Waals surface area contributed by atoms with Gasteiger partial charge in [0.1, 0.15) is 0 Å². The van der Waals surface area contributed by atoms with E-state index in [1.165, 1.54) is 38.5 Å². The van der Waals surface area contributed by atoms with Crippen LogP contribution in [-0.4, -0.2) is 36.3 Å². The second-order valence-corrected chi connectivity index (χ2v) is 7.84. The molecule has 0 aromatic rings. The Bertz CT molecular complexity index is 242. The van der Waals surface area contributed by atoms with Crippen LogP contribution in [0.4, 0.5) is 0 Å². The molecule has 7 heteroatoms. The van der Waals surface area contributed by atoms with Crippen molar-refractivity contribution in [3.63, 3.8) is 0 Å². The standard InChI is InChI=1S/3C6H14N2.Rh/c3*7-5-3-1-2-4-6(5)8;/h3*5-6H,1-4,7-8H2;/t3*5-,6-;/m111./s1. The maximum atomic E-state index is 5.65. The first kappa shape index (κ1) is 25.4. The van der Waals surface area contributed by atoms with Crippen LogP contribution < -0.4 is 34.4 Å². The van der Waals surface area contributed by atoms with E-state index in [-0.39, 0.29) is 55.7 Å². The van der Waals surface area contributed by atoms with Crippen LogP contribution in [0.5, 0.6) is 0 Å². The summed E-state index contributed by atoms with van der Waals surface area (Å²) in [7, 11) is 0. The van der Waals surface area contributed by atoms with Gasteiger partial charge >= 0.3 is 0 Å². The number of hydrogen-bond acceptors (Lipinski definition) is 6. The molecule has 3 rings (SSSR count). The average Bonchev–Trinajstić information content (AvgIpc) is 2.57. The third-order valence-corrected chi connectivity index (χ3v) is 5.62. The monoisotopic (exact) mass is 445 g/mol. The quantitative estimate of drug-likeness (QED) is 0.301. The van der Waals surface area contributed by atoms with Gasteiger partial charge in [0.25, 0.3) is 0 Å². The summed E-state index contributed by atoms with van der Waals surface area (Å²) >= 11 is 0. The van der Waals surface area contributed by atoms with E-state index < -0.39 is 0 Å². The summed E-state index contributed by atoms with van der Waals surface area (Å²) in [4.78, 5) is 0. The topological polar surface area (TPSA) is 156 Å². The predicted octanol–water partition coefficient (Wildman–Crippen LogP) is 0.643. The summed E-state index contributed by atoms with van der Waals surface area (Å²) in [5.74, 6) is 0. The first-order valence-corrected chi connectivity index (χ1v) is 9.95. The fraction of sp³-hybridized carbons (Fsp3) is 1.00. The fourth-order valence-electron chi connectivity index (χ4n) is 3.56. The van der Waals surface area contributed by atoms with Crippen LogP contribution in [0.3, 0.4) is 0 Å². The molecule has 6 nitrogen and oxygen atoms in total. The Labute approximate surface area is 167 Å². The molecule has 0 spiro atoms. The Morgan fingerprint density at radius 3 is 0.520 bits per heavy atom. The number of rotatable bonds is 0. The molecule has 0 heterocycles. The van der Waals surface area contributed by atoms with Crippen LogP contribution in [0.15, 0.2) is 0 Å². The third-order valence-electron chi connectivity index (χ3n) is 5.62.